The maximum absolute atomic E-state index is 12.1. The Morgan fingerprint density at radius 3 is 2.76 bits per heavy atom. The van der Waals surface area contributed by atoms with Gasteiger partial charge in [0.05, 0.1) is 12.1 Å². The molecule has 0 aromatic heterocycles. The fourth-order valence-corrected chi connectivity index (χ4v) is 2.60. The standard InChI is InChI=1S/C12H20N2O3/c1-8-11(16)14(7-10(15)13-8)9-4-5-17-12(2,3)6-9/h8-9H,4-7H2,1-3H3,(H,13,15). The first-order chi connectivity index (χ1) is 7.89. The maximum Gasteiger partial charge on any atom is 0.245 e. The van der Waals surface area contributed by atoms with Gasteiger partial charge in [0.2, 0.25) is 11.8 Å². The third-order valence-electron chi connectivity index (χ3n) is 3.46. The third-order valence-corrected chi connectivity index (χ3v) is 3.46. The average molecular weight is 240 g/mol. The lowest BCUT2D eigenvalue weighted by atomic mass is 9.92. The second-order valence-corrected chi connectivity index (χ2v) is 5.51. The van der Waals surface area contributed by atoms with Crippen LogP contribution in [0.5, 0.6) is 0 Å². The Hall–Kier alpha value is -1.10. The molecule has 1 N–H and O–H groups in total. The minimum Gasteiger partial charge on any atom is -0.375 e. The van der Waals surface area contributed by atoms with Gasteiger partial charge in [-0.05, 0) is 33.6 Å². The molecule has 2 atom stereocenters. The first kappa shape index (κ1) is 12.4. The van der Waals surface area contributed by atoms with Gasteiger partial charge < -0.3 is 15.0 Å². The van der Waals surface area contributed by atoms with Crippen molar-refractivity contribution in [3.8, 4) is 0 Å². The Kier molecular flexibility index (Phi) is 3.12. The molecule has 2 aliphatic rings. The second kappa shape index (κ2) is 4.29. The van der Waals surface area contributed by atoms with Gasteiger partial charge in [0.25, 0.3) is 0 Å². The van der Waals surface area contributed by atoms with Crippen molar-refractivity contribution in [2.24, 2.45) is 0 Å². The summed E-state index contributed by atoms with van der Waals surface area (Å²) in [5, 5.41) is 2.66. The zero-order valence-electron chi connectivity index (χ0n) is 10.7. The van der Waals surface area contributed by atoms with E-state index in [1.807, 2.05) is 13.8 Å². The monoisotopic (exact) mass is 240 g/mol. The SMILES string of the molecule is CC1NC(=O)CN(C2CCOC(C)(C)C2)C1=O. The number of carbonyl (C=O) groups is 2. The van der Waals surface area contributed by atoms with E-state index in [2.05, 4.69) is 5.32 Å². The van der Waals surface area contributed by atoms with Gasteiger partial charge in [0.15, 0.2) is 0 Å². The largest absolute Gasteiger partial charge is 0.375 e. The Morgan fingerprint density at radius 1 is 1.41 bits per heavy atom. The van der Waals surface area contributed by atoms with Crippen molar-refractivity contribution < 1.29 is 14.3 Å². The van der Waals surface area contributed by atoms with E-state index >= 15 is 0 Å². The normalized spacial score (nSPS) is 33.5. The first-order valence-electron chi connectivity index (χ1n) is 6.13. The summed E-state index contributed by atoms with van der Waals surface area (Å²) in [4.78, 5) is 25.3. The van der Waals surface area contributed by atoms with Crippen LogP contribution in [0, 0.1) is 0 Å². The van der Waals surface area contributed by atoms with Crippen LogP contribution in [-0.2, 0) is 14.3 Å². The van der Waals surface area contributed by atoms with Crippen LogP contribution in [0.1, 0.15) is 33.6 Å². The molecule has 0 saturated carbocycles. The van der Waals surface area contributed by atoms with E-state index in [1.165, 1.54) is 0 Å². The molecule has 2 amide bonds. The Balaban J connectivity index is 2.10. The minimum atomic E-state index is -0.401. The van der Waals surface area contributed by atoms with Gasteiger partial charge in [-0.2, -0.15) is 0 Å². The molecular formula is C12H20N2O3. The fraction of sp³-hybridized carbons (Fsp3) is 0.833. The van der Waals surface area contributed by atoms with E-state index in [1.54, 1.807) is 11.8 Å². The molecule has 0 radical (unpaired) electrons. The van der Waals surface area contributed by atoms with Crippen LogP contribution < -0.4 is 5.32 Å². The van der Waals surface area contributed by atoms with Crippen LogP contribution in [0.2, 0.25) is 0 Å². The summed E-state index contributed by atoms with van der Waals surface area (Å²) in [7, 11) is 0. The van der Waals surface area contributed by atoms with Crippen molar-refractivity contribution in [3.63, 3.8) is 0 Å². The molecule has 2 rings (SSSR count). The number of hydrogen-bond acceptors (Lipinski definition) is 3. The predicted molar refractivity (Wildman–Crippen MR) is 62.4 cm³/mol. The summed E-state index contributed by atoms with van der Waals surface area (Å²) in [5.41, 5.74) is -0.208. The third kappa shape index (κ3) is 2.60. The van der Waals surface area contributed by atoms with Crippen molar-refractivity contribution in [1.82, 2.24) is 10.2 Å². The van der Waals surface area contributed by atoms with Crippen molar-refractivity contribution in [2.45, 2.75) is 51.3 Å². The van der Waals surface area contributed by atoms with Crippen LogP contribution in [0.15, 0.2) is 0 Å². The van der Waals surface area contributed by atoms with Gasteiger partial charge in [-0.3, -0.25) is 9.59 Å². The first-order valence-corrected chi connectivity index (χ1v) is 6.13. The van der Waals surface area contributed by atoms with Gasteiger partial charge >= 0.3 is 0 Å². The summed E-state index contributed by atoms with van der Waals surface area (Å²) in [6, 6.07) is -0.276. The number of hydrogen-bond donors (Lipinski definition) is 1. The van der Waals surface area contributed by atoms with E-state index in [0.717, 1.165) is 12.8 Å². The highest BCUT2D eigenvalue weighted by atomic mass is 16.5. The predicted octanol–water partition coefficient (Wildman–Crippen LogP) is 0.291. The highest BCUT2D eigenvalue weighted by Gasteiger charge is 2.38. The molecule has 2 unspecified atom stereocenters. The van der Waals surface area contributed by atoms with Gasteiger partial charge in [0.1, 0.15) is 6.04 Å². The fourth-order valence-electron chi connectivity index (χ4n) is 2.60. The molecule has 0 aliphatic carbocycles. The number of amides is 2. The highest BCUT2D eigenvalue weighted by molar-refractivity contribution is 5.94. The van der Waals surface area contributed by atoms with Gasteiger partial charge in [-0.15, -0.1) is 0 Å². The number of nitrogens with one attached hydrogen (secondary N) is 1. The molecule has 5 heteroatoms. The molecular weight excluding hydrogens is 220 g/mol. The lowest BCUT2D eigenvalue weighted by molar-refractivity contribution is -0.152. The van der Waals surface area contributed by atoms with Crippen molar-refractivity contribution >= 4 is 11.8 Å². The molecule has 0 bridgehead atoms. The summed E-state index contributed by atoms with van der Waals surface area (Å²) in [6.07, 6.45) is 1.61. The topological polar surface area (TPSA) is 58.6 Å². The van der Waals surface area contributed by atoms with Gasteiger partial charge in [-0.25, -0.2) is 0 Å². The number of carbonyl (C=O) groups excluding carboxylic acids is 2. The van der Waals surface area contributed by atoms with Crippen molar-refractivity contribution in [3.05, 3.63) is 0 Å². The summed E-state index contributed by atoms with van der Waals surface area (Å²) in [5.74, 6) is -0.0475. The molecule has 5 nitrogen and oxygen atoms in total. The van der Waals surface area contributed by atoms with Gasteiger partial charge in [-0.1, -0.05) is 0 Å². The Labute approximate surface area is 101 Å². The molecule has 0 aromatic rings. The van der Waals surface area contributed by atoms with Crippen LogP contribution in [0.25, 0.3) is 0 Å². The zero-order valence-corrected chi connectivity index (χ0v) is 10.7. The quantitative estimate of drug-likeness (QED) is 0.716. The van der Waals surface area contributed by atoms with Crippen LogP contribution >= 0.6 is 0 Å². The van der Waals surface area contributed by atoms with E-state index in [0.29, 0.717) is 6.61 Å². The Bertz CT molecular complexity index is 341. The molecule has 2 aliphatic heterocycles. The zero-order chi connectivity index (χ0) is 12.6. The molecule has 2 saturated heterocycles. The molecule has 2 heterocycles. The smallest absolute Gasteiger partial charge is 0.245 e. The van der Waals surface area contributed by atoms with Crippen LogP contribution in [0.3, 0.4) is 0 Å². The lowest BCUT2D eigenvalue weighted by Crippen LogP contribution is -2.61. The summed E-state index contributed by atoms with van der Waals surface area (Å²) >= 11 is 0. The minimum absolute atomic E-state index is 0.0206. The van der Waals surface area contributed by atoms with Crippen molar-refractivity contribution in [2.75, 3.05) is 13.2 Å². The molecule has 2 fully saturated rings. The molecule has 0 spiro atoms. The van der Waals surface area contributed by atoms with E-state index < -0.39 is 6.04 Å². The lowest BCUT2D eigenvalue weighted by Gasteiger charge is -2.43. The second-order valence-electron chi connectivity index (χ2n) is 5.51. The Morgan fingerprint density at radius 2 is 2.12 bits per heavy atom. The molecule has 17 heavy (non-hydrogen) atoms. The van der Waals surface area contributed by atoms with E-state index in [4.69, 9.17) is 4.74 Å². The van der Waals surface area contributed by atoms with Crippen LogP contribution in [-0.4, -0.2) is 47.6 Å². The van der Waals surface area contributed by atoms with E-state index in [-0.39, 0.29) is 30.0 Å². The maximum atomic E-state index is 12.1. The van der Waals surface area contributed by atoms with Gasteiger partial charge in [0, 0.05) is 12.6 Å². The number of rotatable bonds is 1. The average Bonchev–Trinajstić information content (AvgIpc) is 2.22. The molecule has 0 aromatic carbocycles. The number of piperazine rings is 1. The summed E-state index contributed by atoms with van der Waals surface area (Å²) in [6.45, 7) is 6.62. The number of nitrogens with zero attached hydrogens (tertiary/aromatic N) is 1. The van der Waals surface area contributed by atoms with Crippen molar-refractivity contribution in [1.29, 1.82) is 0 Å². The molecule has 96 valence electrons. The van der Waals surface area contributed by atoms with E-state index in [9.17, 15) is 9.59 Å². The van der Waals surface area contributed by atoms with Crippen LogP contribution in [0.4, 0.5) is 0 Å². The highest BCUT2D eigenvalue weighted by Crippen LogP contribution is 2.28. The number of ether oxygens (including phenoxy) is 1. The summed E-state index contributed by atoms with van der Waals surface area (Å²) < 4.78 is 5.64.